The number of hydrogen-bond donors (Lipinski definition) is 0. The number of hydrogen-bond acceptors (Lipinski definition) is 1. The molecule has 0 fully saturated rings. The van der Waals surface area contributed by atoms with E-state index in [1.54, 1.807) is 18.2 Å². The SMILES string of the molecule is Clc1ccc(COc2cc(Cl)cc(Cl)c2)cc1. The molecule has 0 aromatic heterocycles. The van der Waals surface area contributed by atoms with Crippen molar-refractivity contribution >= 4 is 34.8 Å². The summed E-state index contributed by atoms with van der Waals surface area (Å²) in [5.41, 5.74) is 1.03. The molecule has 17 heavy (non-hydrogen) atoms. The Balaban J connectivity index is 2.04. The van der Waals surface area contributed by atoms with E-state index in [4.69, 9.17) is 39.5 Å². The van der Waals surface area contributed by atoms with Crippen LogP contribution in [0.2, 0.25) is 15.1 Å². The van der Waals surface area contributed by atoms with Gasteiger partial charge in [0.2, 0.25) is 0 Å². The maximum Gasteiger partial charge on any atom is 0.122 e. The van der Waals surface area contributed by atoms with Gasteiger partial charge in [-0.05, 0) is 35.9 Å². The normalized spacial score (nSPS) is 10.3. The van der Waals surface area contributed by atoms with Gasteiger partial charge < -0.3 is 4.74 Å². The van der Waals surface area contributed by atoms with Crippen LogP contribution in [-0.2, 0) is 6.61 Å². The Kier molecular flexibility index (Phi) is 4.16. The van der Waals surface area contributed by atoms with Crippen LogP contribution in [0.15, 0.2) is 42.5 Å². The molecule has 0 aliphatic carbocycles. The molecule has 2 rings (SSSR count). The average Bonchev–Trinajstić information content (AvgIpc) is 2.27. The van der Waals surface area contributed by atoms with Gasteiger partial charge in [0.05, 0.1) is 0 Å². The van der Waals surface area contributed by atoms with E-state index in [-0.39, 0.29) is 0 Å². The van der Waals surface area contributed by atoms with Crippen molar-refractivity contribution in [2.24, 2.45) is 0 Å². The van der Waals surface area contributed by atoms with E-state index < -0.39 is 0 Å². The molecule has 0 atom stereocenters. The zero-order chi connectivity index (χ0) is 12.3. The fourth-order valence-corrected chi connectivity index (χ4v) is 1.99. The molecular weight excluding hydrogens is 279 g/mol. The summed E-state index contributed by atoms with van der Waals surface area (Å²) in [6, 6.07) is 12.6. The molecule has 88 valence electrons. The fraction of sp³-hybridized carbons (Fsp3) is 0.0769. The minimum absolute atomic E-state index is 0.452. The summed E-state index contributed by atoms with van der Waals surface area (Å²) in [5.74, 6) is 0.650. The quantitative estimate of drug-likeness (QED) is 0.751. The van der Waals surface area contributed by atoms with Gasteiger partial charge in [0.1, 0.15) is 12.4 Å². The number of halogens is 3. The number of benzene rings is 2. The van der Waals surface area contributed by atoms with Crippen molar-refractivity contribution in [3.63, 3.8) is 0 Å². The molecule has 0 N–H and O–H groups in total. The van der Waals surface area contributed by atoms with E-state index in [2.05, 4.69) is 0 Å². The van der Waals surface area contributed by atoms with Crippen LogP contribution >= 0.6 is 34.8 Å². The monoisotopic (exact) mass is 286 g/mol. The average molecular weight is 288 g/mol. The summed E-state index contributed by atoms with van der Waals surface area (Å²) in [7, 11) is 0. The van der Waals surface area contributed by atoms with E-state index in [9.17, 15) is 0 Å². The van der Waals surface area contributed by atoms with Crippen LogP contribution in [0.1, 0.15) is 5.56 Å². The first-order valence-electron chi connectivity index (χ1n) is 4.97. The van der Waals surface area contributed by atoms with Gasteiger partial charge in [-0.25, -0.2) is 0 Å². The van der Waals surface area contributed by atoms with Crippen molar-refractivity contribution in [2.75, 3.05) is 0 Å². The summed E-state index contributed by atoms with van der Waals surface area (Å²) in [4.78, 5) is 0. The van der Waals surface area contributed by atoms with Crippen LogP contribution in [0.3, 0.4) is 0 Å². The highest BCUT2D eigenvalue weighted by Gasteiger charge is 2.00. The molecule has 0 heterocycles. The Bertz CT molecular complexity index is 488. The minimum atomic E-state index is 0.452. The first kappa shape index (κ1) is 12.6. The third-order valence-electron chi connectivity index (χ3n) is 2.15. The maximum atomic E-state index is 5.87. The largest absolute Gasteiger partial charge is 0.489 e. The van der Waals surface area contributed by atoms with Gasteiger partial charge in [0, 0.05) is 15.1 Å². The van der Waals surface area contributed by atoms with Crippen molar-refractivity contribution in [3.8, 4) is 5.75 Å². The molecule has 0 bridgehead atoms. The highest BCUT2D eigenvalue weighted by Crippen LogP contribution is 2.24. The van der Waals surface area contributed by atoms with Crippen LogP contribution in [0, 0.1) is 0 Å². The van der Waals surface area contributed by atoms with Crippen LogP contribution in [0.4, 0.5) is 0 Å². The standard InChI is InChI=1S/C13H9Cl3O/c14-10-3-1-9(2-4-10)8-17-13-6-11(15)5-12(16)7-13/h1-7H,8H2. The predicted molar refractivity (Wildman–Crippen MR) is 72.2 cm³/mol. The Morgan fingerprint density at radius 3 is 1.94 bits per heavy atom. The second kappa shape index (κ2) is 5.63. The summed E-state index contributed by atoms with van der Waals surface area (Å²) < 4.78 is 5.58. The molecule has 0 spiro atoms. The molecule has 4 heteroatoms. The van der Waals surface area contributed by atoms with Gasteiger partial charge in [-0.2, -0.15) is 0 Å². The Labute approximate surface area is 115 Å². The van der Waals surface area contributed by atoms with Gasteiger partial charge in [-0.15, -0.1) is 0 Å². The Hall–Kier alpha value is -0.890. The Morgan fingerprint density at radius 2 is 1.35 bits per heavy atom. The zero-order valence-corrected chi connectivity index (χ0v) is 11.1. The lowest BCUT2D eigenvalue weighted by Crippen LogP contribution is -1.94. The molecule has 0 amide bonds. The molecule has 0 saturated heterocycles. The van der Waals surface area contributed by atoms with Crippen LogP contribution < -0.4 is 4.74 Å². The summed E-state index contributed by atoms with van der Waals surface area (Å²) >= 11 is 17.5. The third kappa shape index (κ3) is 3.81. The van der Waals surface area contributed by atoms with Crippen molar-refractivity contribution in [1.29, 1.82) is 0 Å². The minimum Gasteiger partial charge on any atom is -0.489 e. The molecule has 0 radical (unpaired) electrons. The van der Waals surface area contributed by atoms with Crippen LogP contribution in [-0.4, -0.2) is 0 Å². The van der Waals surface area contributed by atoms with Crippen LogP contribution in [0.5, 0.6) is 5.75 Å². The van der Waals surface area contributed by atoms with Crippen molar-refractivity contribution in [3.05, 3.63) is 63.1 Å². The molecule has 0 aliphatic rings. The zero-order valence-electron chi connectivity index (χ0n) is 8.79. The molecule has 0 saturated carbocycles. The fourth-order valence-electron chi connectivity index (χ4n) is 1.36. The number of rotatable bonds is 3. The third-order valence-corrected chi connectivity index (χ3v) is 2.84. The van der Waals surface area contributed by atoms with E-state index in [0.717, 1.165) is 5.56 Å². The van der Waals surface area contributed by atoms with Gasteiger partial charge in [0.25, 0.3) is 0 Å². The predicted octanol–water partition coefficient (Wildman–Crippen LogP) is 5.23. The maximum absolute atomic E-state index is 5.87. The van der Waals surface area contributed by atoms with Crippen molar-refractivity contribution in [1.82, 2.24) is 0 Å². The first-order chi connectivity index (χ1) is 8.13. The highest BCUT2D eigenvalue weighted by atomic mass is 35.5. The molecule has 2 aromatic rings. The topological polar surface area (TPSA) is 9.23 Å². The van der Waals surface area contributed by atoms with E-state index >= 15 is 0 Å². The van der Waals surface area contributed by atoms with Crippen molar-refractivity contribution < 1.29 is 4.74 Å². The summed E-state index contributed by atoms with van der Waals surface area (Å²) in [6.07, 6.45) is 0. The first-order valence-corrected chi connectivity index (χ1v) is 6.10. The second-order valence-electron chi connectivity index (χ2n) is 3.52. The van der Waals surface area contributed by atoms with Gasteiger partial charge in [0.15, 0.2) is 0 Å². The van der Waals surface area contributed by atoms with E-state index in [0.29, 0.717) is 27.4 Å². The van der Waals surface area contributed by atoms with Crippen molar-refractivity contribution in [2.45, 2.75) is 6.61 Å². The van der Waals surface area contributed by atoms with E-state index in [1.165, 1.54) is 0 Å². The highest BCUT2D eigenvalue weighted by molar-refractivity contribution is 6.34. The summed E-state index contributed by atoms with van der Waals surface area (Å²) in [5, 5.41) is 1.83. The second-order valence-corrected chi connectivity index (χ2v) is 4.83. The lowest BCUT2D eigenvalue weighted by atomic mass is 10.2. The molecule has 1 nitrogen and oxygen atoms in total. The molecule has 0 unspecified atom stereocenters. The van der Waals surface area contributed by atoms with Crippen LogP contribution in [0.25, 0.3) is 0 Å². The summed E-state index contributed by atoms with van der Waals surface area (Å²) in [6.45, 7) is 0.452. The van der Waals surface area contributed by atoms with E-state index in [1.807, 2.05) is 24.3 Å². The molecule has 2 aromatic carbocycles. The molecule has 0 aliphatic heterocycles. The number of ether oxygens (including phenoxy) is 1. The smallest absolute Gasteiger partial charge is 0.122 e. The molecular formula is C13H9Cl3O. The lowest BCUT2D eigenvalue weighted by molar-refractivity contribution is 0.306. The van der Waals surface area contributed by atoms with Gasteiger partial charge in [-0.1, -0.05) is 46.9 Å². The lowest BCUT2D eigenvalue weighted by Gasteiger charge is -2.07. The van der Waals surface area contributed by atoms with Gasteiger partial charge in [-0.3, -0.25) is 0 Å². The Morgan fingerprint density at radius 1 is 0.765 bits per heavy atom. The van der Waals surface area contributed by atoms with Gasteiger partial charge >= 0.3 is 0 Å².